The van der Waals surface area contributed by atoms with Gasteiger partial charge in [0.2, 0.25) is 0 Å². The van der Waals surface area contributed by atoms with Crippen molar-refractivity contribution in [2.24, 2.45) is 0 Å². The van der Waals surface area contributed by atoms with Crippen molar-refractivity contribution in [1.29, 1.82) is 0 Å². The lowest BCUT2D eigenvalue weighted by molar-refractivity contribution is 0.0695. The summed E-state index contributed by atoms with van der Waals surface area (Å²) in [6.45, 7) is 5.00. The molecule has 4 nitrogen and oxygen atoms in total. The monoisotopic (exact) mass is 353 g/mol. The lowest BCUT2D eigenvalue weighted by atomic mass is 9.94. The zero-order valence-corrected chi connectivity index (χ0v) is 15.7. The van der Waals surface area contributed by atoms with E-state index in [0.29, 0.717) is 41.3 Å². The molecule has 0 radical (unpaired) electrons. The zero-order valence-electron chi connectivity index (χ0n) is 14.9. The van der Waals surface area contributed by atoms with Crippen molar-refractivity contribution in [3.8, 4) is 11.5 Å². The fraction of sp³-hybridized carbons (Fsp3) is 0.632. The molecule has 0 aromatic heterocycles. The Morgan fingerprint density at radius 3 is 2.54 bits per heavy atom. The molecule has 1 aliphatic rings. The van der Waals surface area contributed by atoms with Gasteiger partial charge >= 0.3 is 0 Å². The molecule has 1 aromatic carbocycles. The summed E-state index contributed by atoms with van der Waals surface area (Å²) in [5, 5.41) is 0.426. The summed E-state index contributed by atoms with van der Waals surface area (Å²) in [6, 6.07) is 3.76. The minimum Gasteiger partial charge on any atom is -0.490 e. The predicted octanol–water partition coefficient (Wildman–Crippen LogP) is 4.93. The molecule has 1 saturated carbocycles. The summed E-state index contributed by atoms with van der Waals surface area (Å²) in [5.74, 6) is 1.06. The highest BCUT2D eigenvalue weighted by Gasteiger charge is 2.25. The van der Waals surface area contributed by atoms with Crippen molar-refractivity contribution in [2.75, 3.05) is 20.3 Å². The van der Waals surface area contributed by atoms with E-state index in [2.05, 4.69) is 0 Å². The normalized spacial score (nSPS) is 15.2. The minimum absolute atomic E-state index is 0.00760. The van der Waals surface area contributed by atoms with Gasteiger partial charge in [0.15, 0.2) is 11.5 Å². The molecule has 0 bridgehead atoms. The molecule has 0 heterocycles. The molecule has 0 spiro atoms. The average Bonchev–Trinajstić information content (AvgIpc) is 2.60. The van der Waals surface area contributed by atoms with E-state index in [1.165, 1.54) is 19.3 Å². The van der Waals surface area contributed by atoms with Gasteiger partial charge in [-0.1, -0.05) is 37.8 Å². The first-order valence-electron chi connectivity index (χ1n) is 8.94. The van der Waals surface area contributed by atoms with E-state index in [9.17, 15) is 4.79 Å². The molecule has 134 valence electrons. The Balaban J connectivity index is 2.23. The molecular weight excluding hydrogens is 326 g/mol. The van der Waals surface area contributed by atoms with Crippen LogP contribution in [-0.4, -0.2) is 37.1 Å². The maximum atomic E-state index is 12.8. The second kappa shape index (κ2) is 9.16. The Kier molecular flexibility index (Phi) is 7.22. The van der Waals surface area contributed by atoms with Crippen LogP contribution >= 0.6 is 11.6 Å². The number of carbonyl (C=O) groups is 1. The van der Waals surface area contributed by atoms with Crippen LogP contribution in [0.1, 0.15) is 62.7 Å². The smallest absolute Gasteiger partial charge is 0.254 e. The van der Waals surface area contributed by atoms with Crippen molar-refractivity contribution in [2.45, 2.75) is 58.4 Å². The van der Waals surface area contributed by atoms with Gasteiger partial charge in [0.25, 0.3) is 5.91 Å². The SMILES string of the molecule is CCCOc1c(Cl)cc(C(=O)N(C)C2CCCCC2)cc1OCC. The van der Waals surface area contributed by atoms with Crippen molar-refractivity contribution in [1.82, 2.24) is 4.90 Å². The third-order valence-electron chi connectivity index (χ3n) is 4.45. The van der Waals surface area contributed by atoms with Crippen molar-refractivity contribution < 1.29 is 14.3 Å². The molecule has 2 rings (SSSR count). The first-order chi connectivity index (χ1) is 11.6. The number of rotatable bonds is 7. The van der Waals surface area contributed by atoms with Crippen LogP contribution in [0.4, 0.5) is 0 Å². The molecule has 5 heteroatoms. The van der Waals surface area contributed by atoms with Crippen LogP contribution in [-0.2, 0) is 0 Å². The van der Waals surface area contributed by atoms with E-state index in [1.807, 2.05) is 25.8 Å². The molecule has 0 saturated heterocycles. The Morgan fingerprint density at radius 1 is 1.21 bits per heavy atom. The number of halogens is 1. The molecular formula is C19H28ClNO3. The molecule has 0 unspecified atom stereocenters. The van der Waals surface area contributed by atoms with Crippen molar-refractivity contribution in [3.63, 3.8) is 0 Å². The van der Waals surface area contributed by atoms with E-state index in [0.717, 1.165) is 19.3 Å². The van der Waals surface area contributed by atoms with E-state index < -0.39 is 0 Å². The highest BCUT2D eigenvalue weighted by Crippen LogP contribution is 2.37. The molecule has 24 heavy (non-hydrogen) atoms. The van der Waals surface area contributed by atoms with E-state index >= 15 is 0 Å². The average molecular weight is 354 g/mol. The summed E-state index contributed by atoms with van der Waals surface area (Å²) < 4.78 is 11.4. The zero-order chi connectivity index (χ0) is 17.5. The lowest BCUT2D eigenvalue weighted by Gasteiger charge is -2.31. The van der Waals surface area contributed by atoms with Crippen molar-refractivity contribution in [3.05, 3.63) is 22.7 Å². The van der Waals surface area contributed by atoms with Gasteiger partial charge in [0, 0.05) is 18.7 Å². The number of nitrogens with zero attached hydrogens (tertiary/aromatic N) is 1. The van der Waals surface area contributed by atoms with Gasteiger partial charge in [-0.3, -0.25) is 4.79 Å². The highest BCUT2D eigenvalue weighted by molar-refractivity contribution is 6.32. The van der Waals surface area contributed by atoms with Crippen LogP contribution in [0.2, 0.25) is 5.02 Å². The number of hydrogen-bond acceptors (Lipinski definition) is 3. The van der Waals surface area contributed by atoms with Gasteiger partial charge in [-0.2, -0.15) is 0 Å². The van der Waals surface area contributed by atoms with Crippen LogP contribution in [0.15, 0.2) is 12.1 Å². The fourth-order valence-electron chi connectivity index (χ4n) is 3.14. The first kappa shape index (κ1) is 18.9. The van der Waals surface area contributed by atoms with Gasteiger partial charge in [-0.15, -0.1) is 0 Å². The molecule has 0 aliphatic heterocycles. The van der Waals surface area contributed by atoms with E-state index in [1.54, 1.807) is 12.1 Å². The third kappa shape index (κ3) is 4.56. The van der Waals surface area contributed by atoms with Crippen LogP contribution in [0.25, 0.3) is 0 Å². The fourth-order valence-corrected chi connectivity index (χ4v) is 3.40. The summed E-state index contributed by atoms with van der Waals surface area (Å²) in [6.07, 6.45) is 6.68. The maximum absolute atomic E-state index is 12.8. The number of amides is 1. The maximum Gasteiger partial charge on any atom is 0.254 e. The molecule has 1 aliphatic carbocycles. The third-order valence-corrected chi connectivity index (χ3v) is 4.73. The standard InChI is InChI=1S/C19H28ClNO3/c1-4-11-24-18-16(20)12-14(13-17(18)23-5-2)19(22)21(3)15-9-7-6-8-10-15/h12-13,15H,4-11H2,1-3H3. The minimum atomic E-state index is -0.00760. The van der Waals surface area contributed by atoms with Crippen molar-refractivity contribution >= 4 is 17.5 Å². The molecule has 0 N–H and O–H groups in total. The highest BCUT2D eigenvalue weighted by atomic mass is 35.5. The van der Waals surface area contributed by atoms with E-state index in [4.69, 9.17) is 21.1 Å². The number of ether oxygens (including phenoxy) is 2. The molecule has 1 aromatic rings. The van der Waals surface area contributed by atoms with Gasteiger partial charge < -0.3 is 14.4 Å². The van der Waals surface area contributed by atoms with Gasteiger partial charge in [-0.05, 0) is 38.3 Å². The summed E-state index contributed by atoms with van der Waals surface area (Å²) in [5.41, 5.74) is 0.556. The van der Waals surface area contributed by atoms with Gasteiger partial charge in [-0.25, -0.2) is 0 Å². The van der Waals surface area contributed by atoms with Crippen LogP contribution in [0, 0.1) is 0 Å². The Morgan fingerprint density at radius 2 is 1.92 bits per heavy atom. The van der Waals surface area contributed by atoms with E-state index in [-0.39, 0.29) is 5.91 Å². The Bertz CT molecular complexity index is 556. The molecule has 0 atom stereocenters. The molecule has 1 fully saturated rings. The first-order valence-corrected chi connectivity index (χ1v) is 9.32. The number of hydrogen-bond donors (Lipinski definition) is 0. The van der Waals surface area contributed by atoms with Crippen LogP contribution in [0.5, 0.6) is 11.5 Å². The Hall–Kier alpha value is -1.42. The Labute approximate surface area is 150 Å². The number of carbonyl (C=O) groups excluding carboxylic acids is 1. The predicted molar refractivity (Wildman–Crippen MR) is 97.4 cm³/mol. The summed E-state index contributed by atoms with van der Waals surface area (Å²) in [7, 11) is 1.88. The second-order valence-corrected chi connectivity index (χ2v) is 6.68. The summed E-state index contributed by atoms with van der Waals surface area (Å²) >= 11 is 6.36. The number of benzene rings is 1. The van der Waals surface area contributed by atoms with Crippen LogP contribution < -0.4 is 9.47 Å². The van der Waals surface area contributed by atoms with Gasteiger partial charge in [0.05, 0.1) is 18.2 Å². The largest absolute Gasteiger partial charge is 0.490 e. The van der Waals surface area contributed by atoms with Gasteiger partial charge in [0.1, 0.15) is 0 Å². The topological polar surface area (TPSA) is 38.8 Å². The quantitative estimate of drug-likeness (QED) is 0.697. The van der Waals surface area contributed by atoms with Crippen LogP contribution in [0.3, 0.4) is 0 Å². The lowest BCUT2D eigenvalue weighted by Crippen LogP contribution is -2.38. The second-order valence-electron chi connectivity index (χ2n) is 6.27. The summed E-state index contributed by atoms with van der Waals surface area (Å²) in [4.78, 5) is 14.7. The molecule has 1 amide bonds.